The summed E-state index contributed by atoms with van der Waals surface area (Å²) in [6.07, 6.45) is 4.23. The fourth-order valence-corrected chi connectivity index (χ4v) is 5.10. The SMILES string of the molecule is COc1cccc(CN(C(=O)COc2ccc3ccccc3c2Br)[C@H](C)C(=O)NC2CCCC2)c1. The monoisotopic (exact) mass is 538 g/mol. The average Bonchev–Trinajstić information content (AvgIpc) is 3.39. The Balaban J connectivity index is 1.51. The minimum absolute atomic E-state index is 0.139. The van der Waals surface area contributed by atoms with Gasteiger partial charge in [-0.3, -0.25) is 9.59 Å². The molecular weight excluding hydrogens is 508 g/mol. The molecule has 0 spiro atoms. The van der Waals surface area contributed by atoms with E-state index in [0.29, 0.717) is 11.5 Å². The fraction of sp³-hybridized carbons (Fsp3) is 0.357. The molecule has 7 heteroatoms. The van der Waals surface area contributed by atoms with E-state index >= 15 is 0 Å². The number of benzene rings is 3. The molecule has 1 fully saturated rings. The van der Waals surface area contributed by atoms with E-state index in [1.165, 1.54) is 0 Å². The van der Waals surface area contributed by atoms with Crippen LogP contribution in [0.25, 0.3) is 10.8 Å². The predicted molar refractivity (Wildman–Crippen MR) is 141 cm³/mol. The molecule has 35 heavy (non-hydrogen) atoms. The van der Waals surface area contributed by atoms with Crippen LogP contribution in [0.2, 0.25) is 0 Å². The molecule has 0 saturated heterocycles. The molecule has 3 aromatic rings. The van der Waals surface area contributed by atoms with Crippen LogP contribution in [-0.4, -0.2) is 42.5 Å². The highest BCUT2D eigenvalue weighted by molar-refractivity contribution is 9.10. The maximum Gasteiger partial charge on any atom is 0.261 e. The van der Waals surface area contributed by atoms with Gasteiger partial charge in [-0.1, -0.05) is 55.3 Å². The molecule has 4 rings (SSSR count). The average molecular weight is 539 g/mol. The lowest BCUT2D eigenvalue weighted by Crippen LogP contribution is -2.50. The third kappa shape index (κ3) is 6.14. The molecule has 1 aliphatic rings. The van der Waals surface area contributed by atoms with Crippen LogP contribution in [0.15, 0.2) is 65.1 Å². The van der Waals surface area contributed by atoms with Crippen LogP contribution in [-0.2, 0) is 16.1 Å². The highest BCUT2D eigenvalue weighted by atomic mass is 79.9. The van der Waals surface area contributed by atoms with Crippen LogP contribution in [0.3, 0.4) is 0 Å². The quantitative estimate of drug-likeness (QED) is 0.392. The summed E-state index contributed by atoms with van der Waals surface area (Å²) in [5.41, 5.74) is 0.880. The molecule has 0 unspecified atom stereocenters. The van der Waals surface area contributed by atoms with E-state index in [2.05, 4.69) is 21.2 Å². The van der Waals surface area contributed by atoms with Gasteiger partial charge in [0.05, 0.1) is 11.6 Å². The normalized spacial score (nSPS) is 14.5. The Morgan fingerprint density at radius 2 is 1.86 bits per heavy atom. The number of nitrogens with zero attached hydrogens (tertiary/aromatic N) is 1. The topological polar surface area (TPSA) is 67.9 Å². The number of rotatable bonds is 9. The molecule has 0 radical (unpaired) electrons. The van der Waals surface area contributed by atoms with Crippen molar-refractivity contribution in [2.24, 2.45) is 0 Å². The number of methoxy groups -OCH3 is 1. The molecule has 1 saturated carbocycles. The van der Waals surface area contributed by atoms with Crippen molar-refractivity contribution < 1.29 is 19.1 Å². The van der Waals surface area contributed by atoms with Crippen molar-refractivity contribution in [2.75, 3.05) is 13.7 Å². The molecule has 0 aromatic heterocycles. The summed E-state index contributed by atoms with van der Waals surface area (Å²) in [4.78, 5) is 28.0. The third-order valence-corrected chi connectivity index (χ3v) is 7.35. The smallest absolute Gasteiger partial charge is 0.261 e. The molecule has 3 aromatic carbocycles. The summed E-state index contributed by atoms with van der Waals surface area (Å²) in [7, 11) is 1.61. The van der Waals surface area contributed by atoms with Gasteiger partial charge in [0.1, 0.15) is 17.5 Å². The zero-order valence-electron chi connectivity index (χ0n) is 20.1. The van der Waals surface area contributed by atoms with E-state index in [4.69, 9.17) is 9.47 Å². The van der Waals surface area contributed by atoms with Gasteiger partial charge in [0.25, 0.3) is 5.91 Å². The van der Waals surface area contributed by atoms with Gasteiger partial charge < -0.3 is 19.7 Å². The molecule has 0 heterocycles. The first-order valence-electron chi connectivity index (χ1n) is 12.0. The molecule has 0 bridgehead atoms. The number of ether oxygens (including phenoxy) is 2. The zero-order valence-corrected chi connectivity index (χ0v) is 21.7. The van der Waals surface area contributed by atoms with Crippen molar-refractivity contribution in [3.63, 3.8) is 0 Å². The van der Waals surface area contributed by atoms with Crippen molar-refractivity contribution in [1.29, 1.82) is 0 Å². The lowest BCUT2D eigenvalue weighted by Gasteiger charge is -2.30. The largest absolute Gasteiger partial charge is 0.497 e. The van der Waals surface area contributed by atoms with Crippen molar-refractivity contribution in [3.8, 4) is 11.5 Å². The van der Waals surface area contributed by atoms with E-state index in [9.17, 15) is 9.59 Å². The molecule has 6 nitrogen and oxygen atoms in total. The maximum absolute atomic E-state index is 13.4. The molecule has 184 valence electrons. The van der Waals surface area contributed by atoms with E-state index in [1.807, 2.05) is 60.7 Å². The molecule has 0 aliphatic heterocycles. The van der Waals surface area contributed by atoms with Gasteiger partial charge in [-0.2, -0.15) is 0 Å². The molecule has 2 amide bonds. The lowest BCUT2D eigenvalue weighted by atomic mass is 10.1. The Morgan fingerprint density at radius 1 is 1.09 bits per heavy atom. The molecule has 1 atom stereocenters. The summed E-state index contributed by atoms with van der Waals surface area (Å²) in [5, 5.41) is 5.21. The van der Waals surface area contributed by atoms with Crippen molar-refractivity contribution in [1.82, 2.24) is 10.2 Å². The Labute approximate surface area is 214 Å². The second-order valence-electron chi connectivity index (χ2n) is 8.93. The number of carbonyl (C=O) groups is 2. The summed E-state index contributed by atoms with van der Waals surface area (Å²) >= 11 is 3.61. The molecule has 1 N–H and O–H groups in total. The summed E-state index contributed by atoms with van der Waals surface area (Å²) in [6, 6.07) is 18.8. The minimum Gasteiger partial charge on any atom is -0.497 e. The van der Waals surface area contributed by atoms with Crippen LogP contribution < -0.4 is 14.8 Å². The first kappa shape index (κ1) is 25.0. The highest BCUT2D eigenvalue weighted by Crippen LogP contribution is 2.33. The van der Waals surface area contributed by atoms with Gasteiger partial charge >= 0.3 is 0 Å². The second-order valence-corrected chi connectivity index (χ2v) is 9.72. The standard InChI is InChI=1S/C28H31BrN2O4/c1-19(28(33)30-22-10-4-5-11-22)31(17-20-8-7-12-23(16-20)34-2)26(32)18-35-25-15-14-21-9-3-6-13-24(21)27(25)29/h3,6-9,12-16,19,22H,4-5,10-11,17-18H2,1-2H3,(H,30,33)/t19-/m1/s1. The fourth-order valence-electron chi connectivity index (χ4n) is 4.49. The van der Waals surface area contributed by atoms with E-state index in [1.54, 1.807) is 18.9 Å². The van der Waals surface area contributed by atoms with Crippen molar-refractivity contribution in [3.05, 3.63) is 70.7 Å². The van der Waals surface area contributed by atoms with Gasteiger partial charge in [0.15, 0.2) is 6.61 Å². The van der Waals surface area contributed by atoms with Crippen LogP contribution >= 0.6 is 15.9 Å². The Bertz CT molecular complexity index is 1190. The highest BCUT2D eigenvalue weighted by Gasteiger charge is 2.29. The van der Waals surface area contributed by atoms with Crippen LogP contribution in [0, 0.1) is 0 Å². The van der Waals surface area contributed by atoms with Crippen LogP contribution in [0.4, 0.5) is 0 Å². The Hall–Kier alpha value is -3.06. The third-order valence-electron chi connectivity index (χ3n) is 6.53. The molecule has 1 aliphatic carbocycles. The van der Waals surface area contributed by atoms with Gasteiger partial charge in [-0.15, -0.1) is 0 Å². The molecular formula is C28H31BrN2O4. The first-order chi connectivity index (χ1) is 17.0. The van der Waals surface area contributed by atoms with Crippen LogP contribution in [0.5, 0.6) is 11.5 Å². The van der Waals surface area contributed by atoms with E-state index < -0.39 is 6.04 Å². The van der Waals surface area contributed by atoms with Crippen molar-refractivity contribution in [2.45, 2.75) is 51.2 Å². The Morgan fingerprint density at radius 3 is 2.63 bits per heavy atom. The Kier molecular flexibility index (Phi) is 8.29. The van der Waals surface area contributed by atoms with E-state index in [0.717, 1.165) is 46.5 Å². The predicted octanol–water partition coefficient (Wildman–Crippen LogP) is 5.47. The number of halogens is 1. The maximum atomic E-state index is 13.4. The number of carbonyl (C=O) groups excluding carboxylic acids is 2. The summed E-state index contributed by atoms with van der Waals surface area (Å²) in [6.45, 7) is 1.87. The second kappa shape index (κ2) is 11.6. The van der Waals surface area contributed by atoms with Crippen LogP contribution in [0.1, 0.15) is 38.2 Å². The van der Waals surface area contributed by atoms with Gasteiger partial charge in [-0.25, -0.2) is 0 Å². The lowest BCUT2D eigenvalue weighted by molar-refractivity contribution is -0.142. The zero-order chi connectivity index (χ0) is 24.8. The number of hydrogen-bond acceptors (Lipinski definition) is 4. The number of hydrogen-bond donors (Lipinski definition) is 1. The van der Waals surface area contributed by atoms with Gasteiger partial charge in [0, 0.05) is 12.6 Å². The summed E-state index contributed by atoms with van der Waals surface area (Å²) < 4.78 is 12.1. The first-order valence-corrected chi connectivity index (χ1v) is 12.8. The van der Waals surface area contributed by atoms with Gasteiger partial charge in [-0.05, 0) is 70.2 Å². The number of nitrogens with one attached hydrogen (secondary N) is 1. The van der Waals surface area contributed by atoms with Gasteiger partial charge in [0.2, 0.25) is 5.91 Å². The summed E-state index contributed by atoms with van der Waals surface area (Å²) in [5.74, 6) is 0.887. The van der Waals surface area contributed by atoms with Crippen molar-refractivity contribution >= 4 is 38.5 Å². The number of fused-ring (bicyclic) bond motifs is 1. The van der Waals surface area contributed by atoms with E-state index in [-0.39, 0.29) is 31.0 Å². The minimum atomic E-state index is -0.641. The number of amides is 2.